The van der Waals surface area contributed by atoms with E-state index in [1.807, 2.05) is 5.38 Å². The molecule has 96 valence electrons. The van der Waals surface area contributed by atoms with Gasteiger partial charge in [-0.1, -0.05) is 18.2 Å². The number of thiophene rings is 1. The standard InChI is InChI=1S/C13H9FN2O2S/c14-9-5-3-8(4-6-9)13(10-2-1-7-19-10)11(17)15-12(18)16-13/h1-7H,(H2,15,16,17,18). The third-order valence-corrected chi connectivity index (χ3v) is 4.03. The maximum Gasteiger partial charge on any atom is 0.322 e. The van der Waals surface area contributed by atoms with Crippen molar-refractivity contribution in [3.8, 4) is 0 Å². The number of amides is 3. The molecule has 1 aliphatic heterocycles. The van der Waals surface area contributed by atoms with Crippen LogP contribution in [0, 0.1) is 5.82 Å². The highest BCUT2D eigenvalue weighted by Crippen LogP contribution is 2.35. The molecule has 1 fully saturated rings. The van der Waals surface area contributed by atoms with Gasteiger partial charge in [-0.25, -0.2) is 9.18 Å². The molecule has 0 bridgehead atoms. The van der Waals surface area contributed by atoms with Gasteiger partial charge >= 0.3 is 6.03 Å². The normalized spacial score (nSPS) is 22.2. The van der Waals surface area contributed by atoms with Crippen molar-refractivity contribution in [1.29, 1.82) is 0 Å². The summed E-state index contributed by atoms with van der Waals surface area (Å²) in [6.07, 6.45) is 0. The van der Waals surface area contributed by atoms with Gasteiger partial charge in [-0.2, -0.15) is 0 Å². The predicted molar refractivity (Wildman–Crippen MR) is 68.2 cm³/mol. The summed E-state index contributed by atoms with van der Waals surface area (Å²) in [5.74, 6) is -0.846. The molecule has 2 N–H and O–H groups in total. The Hall–Kier alpha value is -2.21. The van der Waals surface area contributed by atoms with Crippen molar-refractivity contribution in [2.24, 2.45) is 0 Å². The maximum atomic E-state index is 13.0. The van der Waals surface area contributed by atoms with E-state index in [0.29, 0.717) is 10.4 Å². The summed E-state index contributed by atoms with van der Waals surface area (Å²) in [7, 11) is 0. The average Bonchev–Trinajstić information content (AvgIpc) is 2.99. The van der Waals surface area contributed by atoms with Crippen molar-refractivity contribution in [1.82, 2.24) is 10.6 Å². The second kappa shape index (κ2) is 4.17. The van der Waals surface area contributed by atoms with Gasteiger partial charge in [-0.15, -0.1) is 11.3 Å². The number of carbonyl (C=O) groups is 2. The lowest BCUT2D eigenvalue weighted by molar-refractivity contribution is -0.122. The quantitative estimate of drug-likeness (QED) is 0.824. The zero-order valence-corrected chi connectivity index (χ0v) is 10.5. The van der Waals surface area contributed by atoms with Crippen molar-refractivity contribution in [2.45, 2.75) is 5.54 Å². The molecular weight excluding hydrogens is 267 g/mol. The number of rotatable bonds is 2. The number of carbonyl (C=O) groups excluding carboxylic acids is 2. The van der Waals surface area contributed by atoms with Gasteiger partial charge in [0.25, 0.3) is 5.91 Å². The molecule has 1 aliphatic rings. The molecule has 1 unspecified atom stereocenters. The molecule has 0 spiro atoms. The first-order valence-corrected chi connectivity index (χ1v) is 6.44. The Kier molecular flexibility index (Phi) is 2.60. The number of halogens is 1. The first-order valence-electron chi connectivity index (χ1n) is 5.56. The van der Waals surface area contributed by atoms with Crippen LogP contribution in [0.5, 0.6) is 0 Å². The molecule has 0 aliphatic carbocycles. The summed E-state index contributed by atoms with van der Waals surface area (Å²) >= 11 is 1.35. The summed E-state index contributed by atoms with van der Waals surface area (Å²) in [4.78, 5) is 24.4. The second-order valence-corrected chi connectivity index (χ2v) is 5.09. The van der Waals surface area contributed by atoms with Gasteiger partial charge in [0, 0.05) is 4.88 Å². The third-order valence-electron chi connectivity index (χ3n) is 3.04. The van der Waals surface area contributed by atoms with Crippen molar-refractivity contribution < 1.29 is 14.0 Å². The van der Waals surface area contributed by atoms with E-state index >= 15 is 0 Å². The SMILES string of the molecule is O=C1NC(=O)C(c2ccc(F)cc2)(c2cccs2)N1. The van der Waals surface area contributed by atoms with E-state index in [-0.39, 0.29) is 0 Å². The Balaban J connectivity index is 2.20. The Labute approximate surface area is 112 Å². The van der Waals surface area contributed by atoms with Crippen LogP contribution in [-0.4, -0.2) is 11.9 Å². The Morgan fingerprint density at radius 2 is 1.84 bits per heavy atom. The summed E-state index contributed by atoms with van der Waals surface area (Å²) in [6, 6.07) is 8.54. The molecule has 0 radical (unpaired) electrons. The van der Waals surface area contributed by atoms with Crippen molar-refractivity contribution in [3.63, 3.8) is 0 Å². The van der Waals surface area contributed by atoms with Gasteiger partial charge in [0.2, 0.25) is 0 Å². The zero-order valence-electron chi connectivity index (χ0n) is 9.64. The number of nitrogens with one attached hydrogen (secondary N) is 2. The van der Waals surface area contributed by atoms with E-state index < -0.39 is 23.3 Å². The van der Waals surface area contributed by atoms with Gasteiger partial charge in [0.05, 0.1) is 0 Å². The van der Waals surface area contributed by atoms with E-state index in [9.17, 15) is 14.0 Å². The molecule has 19 heavy (non-hydrogen) atoms. The minimum absolute atomic E-state index is 0.394. The molecule has 0 saturated carbocycles. The fourth-order valence-electron chi connectivity index (χ4n) is 2.17. The Bertz CT molecular complexity index is 639. The van der Waals surface area contributed by atoms with Crippen LogP contribution in [0.15, 0.2) is 41.8 Å². The van der Waals surface area contributed by atoms with Gasteiger partial charge in [-0.05, 0) is 29.1 Å². The Morgan fingerprint density at radius 1 is 1.11 bits per heavy atom. The maximum absolute atomic E-state index is 13.0. The average molecular weight is 276 g/mol. The van der Waals surface area contributed by atoms with Crippen LogP contribution in [0.2, 0.25) is 0 Å². The highest BCUT2D eigenvalue weighted by molar-refractivity contribution is 7.10. The molecule has 1 atom stereocenters. The fraction of sp³-hybridized carbons (Fsp3) is 0.0769. The predicted octanol–water partition coefficient (Wildman–Crippen LogP) is 1.97. The number of imide groups is 1. The topological polar surface area (TPSA) is 58.2 Å². The van der Waals surface area contributed by atoms with Gasteiger partial charge in [-0.3, -0.25) is 10.1 Å². The monoisotopic (exact) mass is 276 g/mol. The number of hydrogen-bond donors (Lipinski definition) is 2. The number of benzene rings is 1. The molecular formula is C13H9FN2O2S. The summed E-state index contributed by atoms with van der Waals surface area (Å²) in [5, 5.41) is 6.69. The van der Waals surface area contributed by atoms with Gasteiger partial charge in [0.1, 0.15) is 5.82 Å². The van der Waals surface area contributed by atoms with Crippen molar-refractivity contribution in [2.75, 3.05) is 0 Å². The smallest absolute Gasteiger partial charge is 0.315 e. The molecule has 1 aromatic heterocycles. The molecule has 3 rings (SSSR count). The van der Waals surface area contributed by atoms with Crippen LogP contribution in [0.4, 0.5) is 9.18 Å². The summed E-state index contributed by atoms with van der Waals surface area (Å²) in [6.45, 7) is 0. The molecule has 2 aromatic rings. The van der Waals surface area contributed by atoms with Gasteiger partial charge in [0.15, 0.2) is 5.54 Å². The minimum atomic E-state index is -1.26. The van der Waals surface area contributed by atoms with Gasteiger partial charge < -0.3 is 5.32 Å². The third kappa shape index (κ3) is 1.72. The highest BCUT2D eigenvalue weighted by Gasteiger charge is 2.49. The van der Waals surface area contributed by atoms with Crippen molar-refractivity contribution in [3.05, 3.63) is 58.0 Å². The molecule has 4 nitrogen and oxygen atoms in total. The van der Waals surface area contributed by atoms with E-state index in [1.54, 1.807) is 12.1 Å². The van der Waals surface area contributed by atoms with Crippen LogP contribution < -0.4 is 10.6 Å². The van der Waals surface area contributed by atoms with Crippen LogP contribution in [0.1, 0.15) is 10.4 Å². The van der Waals surface area contributed by atoms with Crippen molar-refractivity contribution >= 4 is 23.3 Å². The van der Waals surface area contributed by atoms with Crippen LogP contribution in [0.3, 0.4) is 0 Å². The molecule has 3 amide bonds. The fourth-order valence-corrected chi connectivity index (χ4v) is 3.07. The molecule has 1 aromatic carbocycles. The van der Waals surface area contributed by atoms with Crippen LogP contribution in [-0.2, 0) is 10.3 Å². The highest BCUT2D eigenvalue weighted by atomic mass is 32.1. The van der Waals surface area contributed by atoms with E-state index in [0.717, 1.165) is 0 Å². The molecule has 2 heterocycles. The molecule has 1 saturated heterocycles. The largest absolute Gasteiger partial charge is 0.322 e. The number of hydrogen-bond acceptors (Lipinski definition) is 3. The summed E-state index contributed by atoms with van der Waals surface area (Å²) in [5.41, 5.74) is -0.737. The lowest BCUT2D eigenvalue weighted by Crippen LogP contribution is -2.44. The lowest BCUT2D eigenvalue weighted by Gasteiger charge is -2.25. The van der Waals surface area contributed by atoms with E-state index in [4.69, 9.17) is 0 Å². The Morgan fingerprint density at radius 3 is 2.37 bits per heavy atom. The minimum Gasteiger partial charge on any atom is -0.315 e. The molecule has 6 heteroatoms. The lowest BCUT2D eigenvalue weighted by atomic mass is 9.88. The first kappa shape index (κ1) is 11.9. The van der Waals surface area contributed by atoms with Crippen LogP contribution >= 0.6 is 11.3 Å². The zero-order chi connectivity index (χ0) is 13.5. The first-order chi connectivity index (χ1) is 9.13. The number of urea groups is 1. The van der Waals surface area contributed by atoms with E-state index in [1.165, 1.54) is 35.6 Å². The second-order valence-electron chi connectivity index (χ2n) is 4.14. The van der Waals surface area contributed by atoms with Crippen LogP contribution in [0.25, 0.3) is 0 Å². The van der Waals surface area contributed by atoms with E-state index in [2.05, 4.69) is 10.6 Å². The summed E-state index contributed by atoms with van der Waals surface area (Å²) < 4.78 is 13.0.